The van der Waals surface area contributed by atoms with Gasteiger partial charge in [0.15, 0.2) is 0 Å². The fourth-order valence-electron chi connectivity index (χ4n) is 3.38. The largest absolute Gasteiger partial charge is 0.376 e. The Bertz CT molecular complexity index is 534. The summed E-state index contributed by atoms with van der Waals surface area (Å²) in [4.78, 5) is 14.5. The Morgan fingerprint density at radius 3 is 3.09 bits per heavy atom. The number of hydrogen-bond acceptors (Lipinski definition) is 3. The van der Waals surface area contributed by atoms with Crippen LogP contribution in [0.25, 0.3) is 0 Å². The van der Waals surface area contributed by atoms with Gasteiger partial charge in [-0.05, 0) is 25.8 Å². The molecule has 2 heterocycles. The van der Waals surface area contributed by atoms with E-state index in [1.165, 1.54) is 5.56 Å². The van der Waals surface area contributed by atoms with Crippen LogP contribution in [0.5, 0.6) is 0 Å². The number of carbonyl (C=O) groups is 1. The molecule has 0 aromatic heterocycles. The molecule has 2 aliphatic rings. The zero-order chi connectivity index (χ0) is 15.5. The molecular weight excluding hydrogens is 278 g/mol. The predicted molar refractivity (Wildman–Crippen MR) is 85.7 cm³/mol. The van der Waals surface area contributed by atoms with E-state index in [1.54, 1.807) is 0 Å². The summed E-state index contributed by atoms with van der Waals surface area (Å²) in [5.41, 5.74) is 2.34. The first-order valence-electron chi connectivity index (χ1n) is 8.05. The fourth-order valence-corrected chi connectivity index (χ4v) is 3.38. The second-order valence-corrected chi connectivity index (χ2v) is 6.50. The highest BCUT2D eigenvalue weighted by Gasteiger charge is 2.36. The average molecular weight is 303 g/mol. The Hall–Kier alpha value is -1.59. The smallest absolute Gasteiger partial charge is 0.315 e. The molecule has 2 saturated heterocycles. The normalized spacial score (nSPS) is 28.2. The van der Waals surface area contributed by atoms with Crippen LogP contribution in [0.3, 0.4) is 0 Å². The van der Waals surface area contributed by atoms with Gasteiger partial charge in [0.1, 0.15) is 0 Å². The van der Waals surface area contributed by atoms with Crippen molar-refractivity contribution in [3.8, 4) is 0 Å². The zero-order valence-corrected chi connectivity index (χ0v) is 13.3. The maximum Gasteiger partial charge on any atom is 0.315 e. The van der Waals surface area contributed by atoms with Crippen LogP contribution in [0.1, 0.15) is 24.5 Å². The summed E-state index contributed by atoms with van der Waals surface area (Å²) in [6.07, 6.45) is 1.27. The number of nitrogens with zero attached hydrogens (tertiary/aromatic N) is 1. The van der Waals surface area contributed by atoms with Crippen LogP contribution in [-0.4, -0.2) is 48.8 Å². The van der Waals surface area contributed by atoms with Crippen LogP contribution in [0.4, 0.5) is 4.79 Å². The van der Waals surface area contributed by atoms with Crippen molar-refractivity contribution in [2.45, 2.75) is 45.0 Å². The van der Waals surface area contributed by atoms with Crippen molar-refractivity contribution < 1.29 is 9.53 Å². The lowest BCUT2D eigenvalue weighted by molar-refractivity contribution is -0.0390. The van der Waals surface area contributed by atoms with Crippen LogP contribution >= 0.6 is 0 Å². The van der Waals surface area contributed by atoms with Crippen molar-refractivity contribution in [3.05, 3.63) is 35.4 Å². The quantitative estimate of drug-likeness (QED) is 0.893. The van der Waals surface area contributed by atoms with Gasteiger partial charge in [0.25, 0.3) is 0 Å². The SMILES string of the molecule is Cc1cccc(CNC(=O)N[C@H]2C[C@H]3CO[C@@H](C)CN3C2)c1. The van der Waals surface area contributed by atoms with Crippen molar-refractivity contribution in [3.63, 3.8) is 0 Å². The van der Waals surface area contributed by atoms with Crippen molar-refractivity contribution in [2.24, 2.45) is 0 Å². The van der Waals surface area contributed by atoms with Gasteiger partial charge in [-0.15, -0.1) is 0 Å². The first-order valence-corrected chi connectivity index (χ1v) is 8.05. The van der Waals surface area contributed by atoms with E-state index in [4.69, 9.17) is 4.74 Å². The maximum atomic E-state index is 12.1. The molecule has 2 amide bonds. The van der Waals surface area contributed by atoms with E-state index in [-0.39, 0.29) is 12.1 Å². The molecule has 5 nitrogen and oxygen atoms in total. The molecule has 0 bridgehead atoms. The van der Waals surface area contributed by atoms with E-state index in [1.807, 2.05) is 12.1 Å². The van der Waals surface area contributed by atoms with Crippen LogP contribution in [0, 0.1) is 6.92 Å². The van der Waals surface area contributed by atoms with Crippen molar-refractivity contribution >= 4 is 6.03 Å². The molecule has 3 atom stereocenters. The zero-order valence-electron chi connectivity index (χ0n) is 13.3. The molecule has 3 rings (SSSR count). The second kappa shape index (κ2) is 6.67. The molecular formula is C17H25N3O2. The van der Waals surface area contributed by atoms with Crippen LogP contribution in [0.2, 0.25) is 0 Å². The van der Waals surface area contributed by atoms with Gasteiger partial charge in [-0.25, -0.2) is 4.79 Å². The third-order valence-electron chi connectivity index (χ3n) is 4.46. The number of ether oxygens (including phenoxy) is 1. The van der Waals surface area contributed by atoms with Gasteiger partial charge in [-0.1, -0.05) is 29.8 Å². The van der Waals surface area contributed by atoms with Gasteiger partial charge in [-0.2, -0.15) is 0 Å². The van der Waals surface area contributed by atoms with Gasteiger partial charge in [0.05, 0.1) is 12.7 Å². The molecule has 0 radical (unpaired) electrons. The van der Waals surface area contributed by atoms with Gasteiger partial charge in [0, 0.05) is 31.7 Å². The number of benzene rings is 1. The van der Waals surface area contributed by atoms with Gasteiger partial charge in [-0.3, -0.25) is 4.90 Å². The number of rotatable bonds is 3. The minimum atomic E-state index is -0.0830. The lowest BCUT2D eigenvalue weighted by Crippen LogP contribution is -2.46. The fraction of sp³-hybridized carbons (Fsp3) is 0.588. The van der Waals surface area contributed by atoms with Crippen LogP contribution < -0.4 is 10.6 Å². The summed E-state index contributed by atoms with van der Waals surface area (Å²) in [7, 11) is 0. The van der Waals surface area contributed by atoms with Gasteiger partial charge < -0.3 is 15.4 Å². The molecule has 1 aromatic carbocycles. The summed E-state index contributed by atoms with van der Waals surface area (Å²) in [6.45, 7) is 7.40. The number of amides is 2. The Kier molecular flexibility index (Phi) is 4.64. The van der Waals surface area contributed by atoms with Crippen LogP contribution in [0.15, 0.2) is 24.3 Å². The molecule has 2 N–H and O–H groups in total. The van der Waals surface area contributed by atoms with Gasteiger partial charge in [0.2, 0.25) is 0 Å². The number of urea groups is 1. The molecule has 0 aliphatic carbocycles. The standard InChI is InChI=1S/C17H25N3O2/c1-12-4-3-5-14(6-12)8-18-17(21)19-15-7-16-11-22-13(2)9-20(16)10-15/h3-6,13,15-16H,7-11H2,1-2H3,(H2,18,19,21)/t13-,15-,16-/m0/s1. The Balaban J connectivity index is 1.44. The third kappa shape index (κ3) is 3.78. The first-order chi connectivity index (χ1) is 10.6. The molecule has 0 saturated carbocycles. The summed E-state index contributed by atoms with van der Waals surface area (Å²) in [6, 6.07) is 8.79. The Morgan fingerprint density at radius 2 is 2.27 bits per heavy atom. The summed E-state index contributed by atoms with van der Waals surface area (Å²) < 4.78 is 5.69. The Morgan fingerprint density at radius 1 is 1.41 bits per heavy atom. The molecule has 0 spiro atoms. The van der Waals surface area contributed by atoms with E-state index in [2.05, 4.69) is 41.5 Å². The van der Waals surface area contributed by atoms with E-state index >= 15 is 0 Å². The molecule has 120 valence electrons. The summed E-state index contributed by atoms with van der Waals surface area (Å²) >= 11 is 0. The molecule has 1 aromatic rings. The minimum absolute atomic E-state index is 0.0830. The topological polar surface area (TPSA) is 53.6 Å². The Labute approximate surface area is 132 Å². The van der Waals surface area contributed by atoms with Crippen LogP contribution in [-0.2, 0) is 11.3 Å². The van der Waals surface area contributed by atoms with Gasteiger partial charge >= 0.3 is 6.03 Å². The number of carbonyl (C=O) groups excluding carboxylic acids is 1. The highest BCUT2D eigenvalue weighted by Crippen LogP contribution is 2.22. The first kappa shape index (κ1) is 15.3. The monoisotopic (exact) mass is 303 g/mol. The number of hydrogen-bond donors (Lipinski definition) is 2. The highest BCUT2D eigenvalue weighted by atomic mass is 16.5. The van der Waals surface area contributed by atoms with Crippen molar-refractivity contribution in [1.29, 1.82) is 0 Å². The average Bonchev–Trinajstić information content (AvgIpc) is 2.86. The molecule has 2 aliphatic heterocycles. The highest BCUT2D eigenvalue weighted by molar-refractivity contribution is 5.74. The molecule has 0 unspecified atom stereocenters. The molecule has 5 heteroatoms. The number of morpholine rings is 1. The number of fused-ring (bicyclic) bond motifs is 1. The maximum absolute atomic E-state index is 12.1. The lowest BCUT2D eigenvalue weighted by Gasteiger charge is -2.33. The summed E-state index contributed by atoms with van der Waals surface area (Å²) in [5, 5.41) is 6.03. The third-order valence-corrected chi connectivity index (χ3v) is 4.46. The van der Waals surface area contributed by atoms with E-state index in [9.17, 15) is 4.79 Å². The second-order valence-electron chi connectivity index (χ2n) is 6.50. The predicted octanol–water partition coefficient (Wildman–Crippen LogP) is 1.66. The van der Waals surface area contributed by atoms with Crippen molar-refractivity contribution in [2.75, 3.05) is 19.7 Å². The minimum Gasteiger partial charge on any atom is -0.376 e. The van der Waals surface area contributed by atoms with E-state index < -0.39 is 0 Å². The van der Waals surface area contributed by atoms with E-state index in [0.29, 0.717) is 18.7 Å². The number of aryl methyl sites for hydroxylation is 1. The lowest BCUT2D eigenvalue weighted by atomic mass is 10.1. The summed E-state index contributed by atoms with van der Waals surface area (Å²) in [5.74, 6) is 0. The number of nitrogens with one attached hydrogen (secondary N) is 2. The molecule has 22 heavy (non-hydrogen) atoms. The van der Waals surface area contributed by atoms with E-state index in [0.717, 1.165) is 31.7 Å². The van der Waals surface area contributed by atoms with Crippen molar-refractivity contribution in [1.82, 2.24) is 15.5 Å². The molecule has 2 fully saturated rings.